The summed E-state index contributed by atoms with van der Waals surface area (Å²) in [5, 5.41) is 3.94. The van der Waals surface area contributed by atoms with E-state index in [1.54, 1.807) is 30.7 Å². The van der Waals surface area contributed by atoms with Gasteiger partial charge >= 0.3 is 0 Å². The van der Waals surface area contributed by atoms with Crippen LogP contribution in [-0.4, -0.2) is 45.9 Å². The van der Waals surface area contributed by atoms with Gasteiger partial charge in [-0.3, -0.25) is 15.0 Å². The molecule has 0 amide bonds. The average molecular weight is 399 g/mol. The molecule has 0 aromatic carbocycles. The van der Waals surface area contributed by atoms with Crippen molar-refractivity contribution in [2.75, 3.05) is 13.1 Å². The zero-order chi connectivity index (χ0) is 19.7. The van der Waals surface area contributed by atoms with Crippen molar-refractivity contribution in [3.63, 3.8) is 0 Å². The number of aromatic nitrogens is 4. The predicted molar refractivity (Wildman–Crippen MR) is 102 cm³/mol. The molecule has 3 aromatic heterocycles. The van der Waals surface area contributed by atoms with Gasteiger partial charge in [-0.15, -0.1) is 0 Å². The fraction of sp³-hybridized carbons (Fsp3) is 0.368. The molecule has 8 nitrogen and oxygen atoms in total. The highest BCUT2D eigenvalue weighted by Crippen LogP contribution is 2.27. The number of aryl methyl sites for hydroxylation is 2. The lowest BCUT2D eigenvalue weighted by atomic mass is 10.0. The van der Waals surface area contributed by atoms with Gasteiger partial charge in [0.2, 0.25) is 10.0 Å². The van der Waals surface area contributed by atoms with E-state index in [0.717, 1.165) is 29.1 Å². The maximum atomic E-state index is 12.7. The summed E-state index contributed by atoms with van der Waals surface area (Å²) in [5.41, 5.74) is 3.23. The van der Waals surface area contributed by atoms with E-state index >= 15 is 0 Å². The summed E-state index contributed by atoms with van der Waals surface area (Å²) in [7, 11) is -3.49. The van der Waals surface area contributed by atoms with Gasteiger partial charge in [-0.2, -0.15) is 4.31 Å². The first-order valence-corrected chi connectivity index (χ1v) is 10.5. The van der Waals surface area contributed by atoms with Crippen LogP contribution in [0.2, 0.25) is 0 Å². The molecule has 1 aliphatic rings. The molecule has 1 saturated heterocycles. The van der Waals surface area contributed by atoms with Gasteiger partial charge in [0.25, 0.3) is 0 Å². The summed E-state index contributed by atoms with van der Waals surface area (Å²) in [6.07, 6.45) is 7.92. The Balaban J connectivity index is 1.43. The number of sulfonamides is 1. The number of nitrogens with zero attached hydrogens (tertiary/aromatic N) is 5. The topological polar surface area (TPSA) is 102 Å². The Labute approximate surface area is 163 Å². The molecule has 0 radical (unpaired) electrons. The Hall–Kier alpha value is -2.65. The van der Waals surface area contributed by atoms with Crippen LogP contribution in [-0.2, 0) is 16.4 Å². The first-order valence-electron chi connectivity index (χ1n) is 9.09. The van der Waals surface area contributed by atoms with Crippen molar-refractivity contribution in [2.24, 2.45) is 5.92 Å². The van der Waals surface area contributed by atoms with Crippen LogP contribution < -0.4 is 0 Å². The lowest BCUT2D eigenvalue weighted by Crippen LogP contribution is -2.29. The van der Waals surface area contributed by atoms with Crippen LogP contribution >= 0.6 is 0 Å². The highest BCUT2D eigenvalue weighted by atomic mass is 32.2. The molecule has 4 heterocycles. The monoisotopic (exact) mass is 399 g/mol. The Kier molecular flexibility index (Phi) is 4.94. The van der Waals surface area contributed by atoms with Crippen LogP contribution in [0, 0.1) is 19.8 Å². The van der Waals surface area contributed by atoms with Gasteiger partial charge in [0.05, 0.1) is 28.8 Å². The van der Waals surface area contributed by atoms with Gasteiger partial charge < -0.3 is 4.52 Å². The molecule has 146 valence electrons. The predicted octanol–water partition coefficient (Wildman–Crippen LogP) is 2.40. The minimum absolute atomic E-state index is 0.214. The first kappa shape index (κ1) is 18.7. The molecule has 1 atom stereocenters. The molecule has 28 heavy (non-hydrogen) atoms. The third-order valence-electron chi connectivity index (χ3n) is 5.01. The Morgan fingerprint density at radius 2 is 2.07 bits per heavy atom. The highest BCUT2D eigenvalue weighted by molar-refractivity contribution is 7.89. The van der Waals surface area contributed by atoms with E-state index < -0.39 is 10.0 Å². The van der Waals surface area contributed by atoms with E-state index in [1.165, 1.54) is 10.5 Å². The van der Waals surface area contributed by atoms with Crippen molar-refractivity contribution in [1.29, 1.82) is 0 Å². The number of pyridine rings is 1. The van der Waals surface area contributed by atoms with Gasteiger partial charge in [-0.05, 0) is 44.7 Å². The van der Waals surface area contributed by atoms with Gasteiger partial charge in [0, 0.05) is 31.7 Å². The smallest absolute Gasteiger partial charge is 0.244 e. The zero-order valence-electron chi connectivity index (χ0n) is 15.7. The number of rotatable bonds is 5. The van der Waals surface area contributed by atoms with E-state index in [1.807, 2.05) is 13.8 Å². The Morgan fingerprint density at radius 1 is 1.21 bits per heavy atom. The maximum absolute atomic E-state index is 12.7. The summed E-state index contributed by atoms with van der Waals surface area (Å²) in [6, 6.07) is 3.21. The summed E-state index contributed by atoms with van der Waals surface area (Å²) < 4.78 is 32.1. The molecule has 0 N–H and O–H groups in total. The molecule has 3 aromatic rings. The molecule has 9 heteroatoms. The van der Waals surface area contributed by atoms with Crippen LogP contribution in [0.3, 0.4) is 0 Å². The molecule has 0 bridgehead atoms. The Morgan fingerprint density at radius 3 is 2.71 bits per heavy atom. The van der Waals surface area contributed by atoms with E-state index in [2.05, 4.69) is 20.1 Å². The summed E-state index contributed by atoms with van der Waals surface area (Å²) in [5.74, 6) is 0.928. The second-order valence-electron chi connectivity index (χ2n) is 7.00. The van der Waals surface area contributed by atoms with Crippen molar-refractivity contribution < 1.29 is 12.9 Å². The molecule has 0 unspecified atom stereocenters. The van der Waals surface area contributed by atoms with Gasteiger partial charge in [0.15, 0.2) is 0 Å². The Bertz CT molecular complexity index is 1050. The molecule has 0 saturated carbocycles. The molecule has 0 aliphatic carbocycles. The summed E-state index contributed by atoms with van der Waals surface area (Å²) in [4.78, 5) is 13.2. The van der Waals surface area contributed by atoms with Crippen molar-refractivity contribution in [1.82, 2.24) is 24.4 Å². The fourth-order valence-corrected chi connectivity index (χ4v) is 5.06. The molecular weight excluding hydrogens is 378 g/mol. The maximum Gasteiger partial charge on any atom is 0.244 e. The van der Waals surface area contributed by atoms with Crippen LogP contribution in [0.1, 0.15) is 23.6 Å². The average Bonchev–Trinajstić information content (AvgIpc) is 3.30. The largest absolute Gasteiger partial charge is 0.361 e. The third-order valence-corrected chi connectivity index (χ3v) is 6.86. The second-order valence-corrected chi connectivity index (χ2v) is 8.94. The quantitative estimate of drug-likeness (QED) is 0.649. The van der Waals surface area contributed by atoms with E-state index in [-0.39, 0.29) is 10.8 Å². The number of hydrogen-bond donors (Lipinski definition) is 0. The lowest BCUT2D eigenvalue weighted by molar-refractivity contribution is 0.393. The molecule has 1 aliphatic heterocycles. The van der Waals surface area contributed by atoms with E-state index in [9.17, 15) is 8.42 Å². The van der Waals surface area contributed by atoms with Crippen molar-refractivity contribution in [2.45, 2.75) is 31.6 Å². The molecular formula is C19H21N5O3S. The van der Waals surface area contributed by atoms with Crippen LogP contribution in [0.5, 0.6) is 0 Å². The standard InChI is InChI=1S/C19H21N5O3S/c1-13-19(14(2)27-23-13)18-11-21-16(9-22-18)8-15-5-7-24(12-15)28(25,26)17-4-3-6-20-10-17/h3-4,6,9-11,15H,5,7-8,12H2,1-2H3/t15-/m0/s1. The minimum Gasteiger partial charge on any atom is -0.361 e. The van der Waals surface area contributed by atoms with Crippen LogP contribution in [0.25, 0.3) is 11.3 Å². The first-order chi connectivity index (χ1) is 13.4. The van der Waals surface area contributed by atoms with Crippen molar-refractivity contribution in [3.8, 4) is 11.3 Å². The van der Waals surface area contributed by atoms with Gasteiger partial charge in [-0.1, -0.05) is 5.16 Å². The van der Waals surface area contributed by atoms with Gasteiger partial charge in [0.1, 0.15) is 10.7 Å². The van der Waals surface area contributed by atoms with Crippen molar-refractivity contribution >= 4 is 10.0 Å². The fourth-order valence-electron chi connectivity index (χ4n) is 3.56. The molecule has 4 rings (SSSR count). The van der Waals surface area contributed by atoms with Crippen LogP contribution in [0.15, 0.2) is 46.3 Å². The normalized spacial score (nSPS) is 17.9. The molecule has 1 fully saturated rings. The minimum atomic E-state index is -3.49. The van der Waals surface area contributed by atoms with Crippen molar-refractivity contribution in [3.05, 3.63) is 54.1 Å². The third kappa shape index (κ3) is 3.55. The summed E-state index contributed by atoms with van der Waals surface area (Å²) >= 11 is 0. The lowest BCUT2D eigenvalue weighted by Gasteiger charge is -2.16. The van der Waals surface area contributed by atoms with E-state index in [0.29, 0.717) is 25.3 Å². The highest BCUT2D eigenvalue weighted by Gasteiger charge is 2.32. The second kappa shape index (κ2) is 7.40. The zero-order valence-corrected chi connectivity index (χ0v) is 16.6. The summed E-state index contributed by atoms with van der Waals surface area (Å²) in [6.45, 7) is 4.70. The molecule has 0 spiro atoms. The SMILES string of the molecule is Cc1noc(C)c1-c1cnc(C[C@@H]2CCN(S(=O)(=O)c3cccnc3)C2)cn1. The van der Waals surface area contributed by atoms with E-state index in [4.69, 9.17) is 4.52 Å². The van der Waals surface area contributed by atoms with Gasteiger partial charge in [-0.25, -0.2) is 8.42 Å². The van der Waals surface area contributed by atoms with Crippen LogP contribution in [0.4, 0.5) is 0 Å². The number of hydrogen-bond acceptors (Lipinski definition) is 7.